The van der Waals surface area contributed by atoms with Gasteiger partial charge in [-0.1, -0.05) is 17.7 Å². The summed E-state index contributed by atoms with van der Waals surface area (Å²) in [6, 6.07) is 9.62. The van der Waals surface area contributed by atoms with Crippen LogP contribution in [-0.2, 0) is 0 Å². The molecule has 1 heterocycles. The van der Waals surface area contributed by atoms with Gasteiger partial charge in [-0.15, -0.1) is 0 Å². The van der Waals surface area contributed by atoms with Gasteiger partial charge in [0.05, 0.1) is 17.0 Å². The topological polar surface area (TPSA) is 74.6 Å². The maximum Gasteiger partial charge on any atom is 0.275 e. The lowest BCUT2D eigenvalue weighted by atomic mass is 10.2. The first kappa shape index (κ1) is 14.0. The highest BCUT2D eigenvalue weighted by Gasteiger charge is 2.11. The van der Waals surface area contributed by atoms with Gasteiger partial charge < -0.3 is 5.11 Å². The molecule has 0 aliphatic heterocycles. The Morgan fingerprint density at radius 1 is 1.35 bits per heavy atom. The van der Waals surface area contributed by atoms with Gasteiger partial charge in [0, 0.05) is 11.2 Å². The molecule has 0 aliphatic carbocycles. The summed E-state index contributed by atoms with van der Waals surface area (Å²) in [4.78, 5) is 16.0. The van der Waals surface area contributed by atoms with Crippen LogP contribution in [-0.4, -0.2) is 21.7 Å². The Kier molecular flexibility index (Phi) is 4.32. The van der Waals surface area contributed by atoms with E-state index in [9.17, 15) is 9.90 Å². The number of phenolic OH excluding ortho intramolecular Hbond substituents is 1. The number of carbonyl (C=O) groups is 1. The van der Waals surface area contributed by atoms with Gasteiger partial charge in [-0.05, 0) is 37.3 Å². The molecular weight excluding hydrogens is 278 g/mol. The van der Waals surface area contributed by atoms with Crippen LogP contribution in [0.25, 0.3) is 0 Å². The summed E-state index contributed by atoms with van der Waals surface area (Å²) in [7, 11) is 0. The molecule has 102 valence electrons. The third kappa shape index (κ3) is 3.33. The lowest BCUT2D eigenvalue weighted by Gasteiger charge is -2.04. The Balaban J connectivity index is 2.14. The summed E-state index contributed by atoms with van der Waals surface area (Å²) in [5, 5.41) is 13.9. The third-order valence-electron chi connectivity index (χ3n) is 2.56. The van der Waals surface area contributed by atoms with Crippen LogP contribution >= 0.6 is 11.6 Å². The highest BCUT2D eigenvalue weighted by molar-refractivity contribution is 6.31. The molecule has 2 rings (SSSR count). The van der Waals surface area contributed by atoms with Crippen molar-refractivity contribution in [2.45, 2.75) is 6.92 Å². The Hall–Kier alpha value is -2.40. The highest BCUT2D eigenvalue weighted by atomic mass is 35.5. The van der Waals surface area contributed by atoms with Gasteiger partial charge >= 0.3 is 0 Å². The molecule has 2 aromatic rings. The number of halogens is 1. The minimum atomic E-state index is -0.541. The molecule has 6 heteroatoms. The molecule has 1 aromatic heterocycles. The number of nitrogens with zero attached hydrogens (tertiary/aromatic N) is 2. The predicted octanol–water partition coefficient (Wildman–Crippen LogP) is 2.59. The Morgan fingerprint density at radius 3 is 2.85 bits per heavy atom. The number of nitrogens with one attached hydrogen (secondary N) is 1. The molecule has 0 spiro atoms. The number of hydrogen-bond donors (Lipinski definition) is 2. The monoisotopic (exact) mass is 289 g/mol. The first-order valence-corrected chi connectivity index (χ1v) is 6.20. The number of phenols is 1. The number of pyridine rings is 1. The number of carbonyl (C=O) groups excluding carboxylic acids is 1. The Morgan fingerprint density at radius 2 is 2.15 bits per heavy atom. The van der Waals surface area contributed by atoms with Crippen molar-refractivity contribution in [3.63, 3.8) is 0 Å². The number of rotatable bonds is 3. The van der Waals surface area contributed by atoms with E-state index in [-0.39, 0.29) is 11.3 Å². The van der Waals surface area contributed by atoms with Crippen LogP contribution in [0.15, 0.2) is 47.7 Å². The van der Waals surface area contributed by atoms with Gasteiger partial charge in [0.15, 0.2) is 0 Å². The van der Waals surface area contributed by atoms with Crippen molar-refractivity contribution in [1.29, 1.82) is 0 Å². The van der Waals surface area contributed by atoms with Crippen molar-refractivity contribution in [3.05, 3.63) is 58.9 Å². The van der Waals surface area contributed by atoms with Gasteiger partial charge in [0.25, 0.3) is 5.91 Å². The molecule has 0 fully saturated rings. The smallest absolute Gasteiger partial charge is 0.275 e. The van der Waals surface area contributed by atoms with Crippen molar-refractivity contribution in [2.75, 3.05) is 0 Å². The van der Waals surface area contributed by atoms with E-state index < -0.39 is 5.91 Å². The van der Waals surface area contributed by atoms with Crippen molar-refractivity contribution >= 4 is 23.2 Å². The van der Waals surface area contributed by atoms with E-state index in [2.05, 4.69) is 15.5 Å². The summed E-state index contributed by atoms with van der Waals surface area (Å²) in [5.74, 6) is -0.696. The largest absolute Gasteiger partial charge is 0.507 e. The quantitative estimate of drug-likeness (QED) is 0.674. The van der Waals surface area contributed by atoms with Gasteiger partial charge in [0.1, 0.15) is 5.75 Å². The zero-order chi connectivity index (χ0) is 14.5. The van der Waals surface area contributed by atoms with E-state index in [1.165, 1.54) is 18.2 Å². The summed E-state index contributed by atoms with van der Waals surface area (Å²) >= 11 is 5.78. The first-order valence-electron chi connectivity index (χ1n) is 5.82. The molecule has 0 unspecified atom stereocenters. The SMILES string of the molecule is C/C(=N/NC(=O)c1cc(Cl)ccc1O)c1ccccn1. The molecule has 0 aliphatic rings. The fraction of sp³-hybridized carbons (Fsp3) is 0.0714. The summed E-state index contributed by atoms with van der Waals surface area (Å²) in [6.45, 7) is 1.72. The summed E-state index contributed by atoms with van der Waals surface area (Å²) in [5.41, 5.74) is 3.63. The average Bonchev–Trinajstić information content (AvgIpc) is 2.47. The molecule has 0 radical (unpaired) electrons. The summed E-state index contributed by atoms with van der Waals surface area (Å²) < 4.78 is 0. The molecule has 1 amide bonds. The molecule has 1 aromatic carbocycles. The van der Waals surface area contributed by atoms with Crippen molar-refractivity contribution in [2.24, 2.45) is 5.10 Å². The van der Waals surface area contributed by atoms with E-state index in [1.54, 1.807) is 25.3 Å². The van der Waals surface area contributed by atoms with E-state index in [1.807, 2.05) is 6.07 Å². The molecule has 2 N–H and O–H groups in total. The number of amides is 1. The van der Waals surface area contributed by atoms with Crippen molar-refractivity contribution in [3.8, 4) is 5.75 Å². The fourth-order valence-electron chi connectivity index (χ4n) is 1.52. The van der Waals surface area contributed by atoms with Crippen LogP contribution < -0.4 is 5.43 Å². The van der Waals surface area contributed by atoms with E-state index in [0.29, 0.717) is 16.4 Å². The molecule has 0 bridgehead atoms. The van der Waals surface area contributed by atoms with E-state index >= 15 is 0 Å². The molecule has 0 saturated carbocycles. The zero-order valence-electron chi connectivity index (χ0n) is 10.7. The van der Waals surface area contributed by atoms with Crippen LogP contribution in [0.4, 0.5) is 0 Å². The van der Waals surface area contributed by atoms with E-state index in [0.717, 1.165) is 0 Å². The van der Waals surface area contributed by atoms with Crippen molar-refractivity contribution < 1.29 is 9.90 Å². The number of hydrogen-bond acceptors (Lipinski definition) is 4. The summed E-state index contributed by atoms with van der Waals surface area (Å²) in [6.07, 6.45) is 1.64. The molecule has 0 saturated heterocycles. The van der Waals surface area contributed by atoms with Gasteiger partial charge in [-0.25, -0.2) is 5.43 Å². The number of benzene rings is 1. The maximum absolute atomic E-state index is 11.9. The minimum absolute atomic E-state index is 0.0649. The van der Waals surface area contributed by atoms with Crippen LogP contribution in [0.1, 0.15) is 23.0 Å². The highest BCUT2D eigenvalue weighted by Crippen LogP contribution is 2.21. The molecule has 5 nitrogen and oxygen atoms in total. The number of aromatic nitrogens is 1. The standard InChI is InChI=1S/C14H12ClN3O2/c1-9(12-4-2-3-7-16-12)17-18-14(20)11-8-10(15)5-6-13(11)19/h2-8,19H,1H3,(H,18,20)/b17-9-. The lowest BCUT2D eigenvalue weighted by molar-refractivity contribution is 0.0952. The van der Waals surface area contributed by atoms with Crippen LogP contribution in [0.2, 0.25) is 5.02 Å². The normalized spacial score (nSPS) is 11.2. The second kappa shape index (κ2) is 6.16. The average molecular weight is 290 g/mol. The lowest BCUT2D eigenvalue weighted by Crippen LogP contribution is -2.19. The van der Waals surface area contributed by atoms with Gasteiger partial charge in [-0.3, -0.25) is 9.78 Å². The van der Waals surface area contributed by atoms with Gasteiger partial charge in [-0.2, -0.15) is 5.10 Å². The third-order valence-corrected chi connectivity index (χ3v) is 2.80. The zero-order valence-corrected chi connectivity index (χ0v) is 11.4. The second-order valence-corrected chi connectivity index (χ2v) is 4.45. The second-order valence-electron chi connectivity index (χ2n) is 4.01. The first-order chi connectivity index (χ1) is 9.58. The van der Waals surface area contributed by atoms with Crippen LogP contribution in [0.5, 0.6) is 5.75 Å². The van der Waals surface area contributed by atoms with Crippen LogP contribution in [0.3, 0.4) is 0 Å². The Bertz CT molecular complexity index is 657. The van der Waals surface area contributed by atoms with Crippen LogP contribution in [0, 0.1) is 0 Å². The van der Waals surface area contributed by atoms with Gasteiger partial charge in [0.2, 0.25) is 0 Å². The van der Waals surface area contributed by atoms with Crippen molar-refractivity contribution in [1.82, 2.24) is 10.4 Å². The predicted molar refractivity (Wildman–Crippen MR) is 77.0 cm³/mol. The number of aromatic hydroxyl groups is 1. The molecule has 20 heavy (non-hydrogen) atoms. The number of hydrazone groups is 1. The van der Waals surface area contributed by atoms with E-state index in [4.69, 9.17) is 11.6 Å². The minimum Gasteiger partial charge on any atom is -0.507 e. The fourth-order valence-corrected chi connectivity index (χ4v) is 1.69. The maximum atomic E-state index is 11.9. The molecule has 0 atom stereocenters. The Labute approximate surface area is 120 Å². The molecular formula is C14H12ClN3O2.